The normalized spacial score (nSPS) is 10.4. The molecule has 0 aromatic carbocycles. The number of hydrogen-bond acceptors (Lipinski definition) is 3. The zero-order valence-corrected chi connectivity index (χ0v) is 10.6. The smallest absolute Gasteiger partial charge is 0.129 e. The highest BCUT2D eigenvalue weighted by atomic mass is 79.9. The van der Waals surface area contributed by atoms with Crippen molar-refractivity contribution in [2.75, 3.05) is 0 Å². The Morgan fingerprint density at radius 3 is 2.88 bits per heavy atom. The summed E-state index contributed by atoms with van der Waals surface area (Å²) in [5, 5.41) is 0. The minimum atomic E-state index is 0.794. The van der Waals surface area contributed by atoms with Crippen LogP contribution in [-0.2, 0) is 12.8 Å². The van der Waals surface area contributed by atoms with Crippen LogP contribution in [0.25, 0.3) is 0 Å². The van der Waals surface area contributed by atoms with Gasteiger partial charge in [-0.25, -0.2) is 9.97 Å². The molecule has 0 fully saturated rings. The standard InChI is InChI=1S/C12H12BrN3/c1-2-12-15-10(7-11(13)16-12)6-9-4-3-5-14-8-9/h3-5,7-8H,2,6H2,1H3. The zero-order chi connectivity index (χ0) is 11.4. The van der Waals surface area contributed by atoms with Crippen molar-refractivity contribution in [3.05, 3.63) is 52.3 Å². The van der Waals surface area contributed by atoms with E-state index in [1.54, 1.807) is 6.20 Å². The van der Waals surface area contributed by atoms with E-state index in [1.165, 1.54) is 0 Å². The SMILES string of the molecule is CCc1nc(Br)cc(Cc2cccnc2)n1. The maximum Gasteiger partial charge on any atom is 0.129 e. The molecule has 2 rings (SSSR count). The molecule has 4 heteroatoms. The second-order valence-electron chi connectivity index (χ2n) is 3.49. The molecule has 0 atom stereocenters. The Bertz CT molecular complexity index is 471. The van der Waals surface area contributed by atoms with Crippen molar-refractivity contribution < 1.29 is 0 Å². The van der Waals surface area contributed by atoms with Gasteiger partial charge in [0.05, 0.1) is 0 Å². The first-order valence-electron chi connectivity index (χ1n) is 5.19. The lowest BCUT2D eigenvalue weighted by molar-refractivity contribution is 0.885. The third-order valence-corrected chi connectivity index (χ3v) is 2.62. The molecule has 2 aromatic heterocycles. The topological polar surface area (TPSA) is 38.7 Å². The second kappa shape index (κ2) is 5.16. The minimum absolute atomic E-state index is 0.794. The number of aromatic nitrogens is 3. The van der Waals surface area contributed by atoms with Crippen molar-refractivity contribution in [1.82, 2.24) is 15.0 Å². The molecular weight excluding hydrogens is 266 g/mol. The highest BCUT2D eigenvalue weighted by Crippen LogP contribution is 2.12. The van der Waals surface area contributed by atoms with Gasteiger partial charge in [0.2, 0.25) is 0 Å². The van der Waals surface area contributed by atoms with E-state index >= 15 is 0 Å². The largest absolute Gasteiger partial charge is 0.264 e. The van der Waals surface area contributed by atoms with E-state index in [2.05, 4.69) is 43.9 Å². The first-order valence-corrected chi connectivity index (χ1v) is 5.98. The molecule has 2 aromatic rings. The Kier molecular flexibility index (Phi) is 3.62. The molecule has 0 amide bonds. The van der Waals surface area contributed by atoms with Gasteiger partial charge in [0.15, 0.2) is 0 Å². The van der Waals surface area contributed by atoms with Gasteiger partial charge < -0.3 is 0 Å². The minimum Gasteiger partial charge on any atom is -0.264 e. The van der Waals surface area contributed by atoms with Crippen molar-refractivity contribution >= 4 is 15.9 Å². The van der Waals surface area contributed by atoms with Gasteiger partial charge in [0.1, 0.15) is 10.4 Å². The molecule has 0 radical (unpaired) electrons. The van der Waals surface area contributed by atoms with E-state index < -0.39 is 0 Å². The summed E-state index contributed by atoms with van der Waals surface area (Å²) in [6.45, 7) is 2.05. The summed E-state index contributed by atoms with van der Waals surface area (Å²) in [6.07, 6.45) is 5.28. The number of aryl methyl sites for hydroxylation is 1. The van der Waals surface area contributed by atoms with Crippen LogP contribution in [0.15, 0.2) is 35.2 Å². The molecule has 0 unspecified atom stereocenters. The van der Waals surface area contributed by atoms with Gasteiger partial charge >= 0.3 is 0 Å². The fourth-order valence-corrected chi connectivity index (χ4v) is 1.95. The van der Waals surface area contributed by atoms with Crippen LogP contribution >= 0.6 is 15.9 Å². The molecule has 3 nitrogen and oxygen atoms in total. The van der Waals surface area contributed by atoms with Gasteiger partial charge in [-0.05, 0) is 33.6 Å². The molecular formula is C12H12BrN3. The molecule has 0 aliphatic rings. The van der Waals surface area contributed by atoms with Gasteiger partial charge in [-0.3, -0.25) is 4.98 Å². The van der Waals surface area contributed by atoms with Crippen molar-refractivity contribution in [1.29, 1.82) is 0 Å². The van der Waals surface area contributed by atoms with Crippen molar-refractivity contribution in [3.63, 3.8) is 0 Å². The van der Waals surface area contributed by atoms with Gasteiger partial charge in [-0.2, -0.15) is 0 Å². The van der Waals surface area contributed by atoms with Gasteiger partial charge in [-0.1, -0.05) is 13.0 Å². The fraction of sp³-hybridized carbons (Fsp3) is 0.250. The van der Waals surface area contributed by atoms with Crippen LogP contribution in [0.1, 0.15) is 24.0 Å². The van der Waals surface area contributed by atoms with E-state index in [4.69, 9.17) is 0 Å². The van der Waals surface area contributed by atoms with Crippen LogP contribution in [-0.4, -0.2) is 15.0 Å². The summed E-state index contributed by atoms with van der Waals surface area (Å²) in [5.74, 6) is 0.869. The predicted octanol–water partition coefficient (Wildman–Crippen LogP) is 2.79. The first kappa shape index (κ1) is 11.2. The Hall–Kier alpha value is -1.29. The van der Waals surface area contributed by atoms with Crippen LogP contribution in [0.2, 0.25) is 0 Å². The van der Waals surface area contributed by atoms with Crippen molar-refractivity contribution in [2.45, 2.75) is 19.8 Å². The molecule has 82 valence electrons. The second-order valence-corrected chi connectivity index (χ2v) is 4.30. The lowest BCUT2D eigenvalue weighted by Crippen LogP contribution is -2.00. The van der Waals surface area contributed by atoms with Crippen molar-refractivity contribution in [3.8, 4) is 0 Å². The van der Waals surface area contributed by atoms with E-state index in [9.17, 15) is 0 Å². The highest BCUT2D eigenvalue weighted by Gasteiger charge is 2.02. The predicted molar refractivity (Wildman–Crippen MR) is 66.2 cm³/mol. The maximum atomic E-state index is 4.48. The summed E-state index contributed by atoms with van der Waals surface area (Å²) in [7, 11) is 0. The maximum absolute atomic E-state index is 4.48. The third-order valence-electron chi connectivity index (χ3n) is 2.22. The zero-order valence-electron chi connectivity index (χ0n) is 9.02. The summed E-state index contributed by atoms with van der Waals surface area (Å²) in [5.41, 5.74) is 2.18. The molecule has 0 saturated carbocycles. The summed E-state index contributed by atoms with van der Waals surface area (Å²) < 4.78 is 0.846. The summed E-state index contributed by atoms with van der Waals surface area (Å²) >= 11 is 3.40. The van der Waals surface area contributed by atoms with E-state index in [1.807, 2.05) is 18.3 Å². The first-order chi connectivity index (χ1) is 7.78. The molecule has 0 bridgehead atoms. The fourth-order valence-electron chi connectivity index (χ4n) is 1.48. The molecule has 0 aliphatic heterocycles. The quantitative estimate of drug-likeness (QED) is 0.810. The van der Waals surface area contributed by atoms with Gasteiger partial charge in [-0.15, -0.1) is 0 Å². The molecule has 0 aliphatic carbocycles. The van der Waals surface area contributed by atoms with E-state index in [0.29, 0.717) is 0 Å². The molecule has 16 heavy (non-hydrogen) atoms. The van der Waals surface area contributed by atoms with Crippen LogP contribution < -0.4 is 0 Å². The number of hydrogen-bond donors (Lipinski definition) is 0. The average molecular weight is 278 g/mol. The van der Waals surface area contributed by atoms with E-state index in [0.717, 1.165) is 34.5 Å². The Morgan fingerprint density at radius 1 is 1.31 bits per heavy atom. The number of nitrogens with zero attached hydrogens (tertiary/aromatic N) is 3. The average Bonchev–Trinajstić information content (AvgIpc) is 2.29. The van der Waals surface area contributed by atoms with Crippen LogP contribution in [0.5, 0.6) is 0 Å². The molecule has 0 spiro atoms. The van der Waals surface area contributed by atoms with Crippen LogP contribution in [0.4, 0.5) is 0 Å². The highest BCUT2D eigenvalue weighted by molar-refractivity contribution is 9.10. The summed E-state index contributed by atoms with van der Waals surface area (Å²) in [6, 6.07) is 5.94. The number of pyridine rings is 1. The molecule has 0 saturated heterocycles. The molecule has 2 heterocycles. The Balaban J connectivity index is 2.24. The lowest BCUT2D eigenvalue weighted by Gasteiger charge is -2.03. The monoisotopic (exact) mass is 277 g/mol. The lowest BCUT2D eigenvalue weighted by atomic mass is 10.1. The number of rotatable bonds is 3. The van der Waals surface area contributed by atoms with Gasteiger partial charge in [0.25, 0.3) is 0 Å². The third kappa shape index (κ3) is 2.85. The summed E-state index contributed by atoms with van der Waals surface area (Å²) in [4.78, 5) is 12.9. The number of halogens is 1. The van der Waals surface area contributed by atoms with Crippen molar-refractivity contribution in [2.24, 2.45) is 0 Å². The van der Waals surface area contributed by atoms with Crippen LogP contribution in [0, 0.1) is 0 Å². The Labute approximate surface area is 103 Å². The molecule has 0 N–H and O–H groups in total. The van der Waals surface area contributed by atoms with Gasteiger partial charge in [0, 0.05) is 30.9 Å². The Morgan fingerprint density at radius 2 is 2.19 bits per heavy atom. The van der Waals surface area contributed by atoms with Crippen LogP contribution in [0.3, 0.4) is 0 Å². The van der Waals surface area contributed by atoms with E-state index in [-0.39, 0.29) is 0 Å².